The Balaban J connectivity index is 3.78. The minimum absolute atomic E-state index is 0.350. The number of aliphatic hydroxyl groups excluding tert-OH is 4. The highest BCUT2D eigenvalue weighted by molar-refractivity contribution is 5.80. The van der Waals surface area contributed by atoms with Gasteiger partial charge in [-0.15, -0.1) is 0 Å². The number of nitrogens with one attached hydrogen (secondary N) is 1. The van der Waals surface area contributed by atoms with Crippen LogP contribution in [-0.4, -0.2) is 57.3 Å². The molecule has 0 aromatic rings. The van der Waals surface area contributed by atoms with Crippen LogP contribution in [0, 0.1) is 0 Å². The van der Waals surface area contributed by atoms with Gasteiger partial charge in [-0.05, 0) is 84.0 Å². The fourth-order valence-electron chi connectivity index (χ4n) is 6.20. The molecule has 0 aromatic carbocycles. The summed E-state index contributed by atoms with van der Waals surface area (Å²) in [5.74, 6) is -0.607. The van der Waals surface area contributed by atoms with Crippen LogP contribution < -0.4 is 5.32 Å². The predicted molar refractivity (Wildman–Crippen MR) is 214 cm³/mol. The van der Waals surface area contributed by atoms with Crippen LogP contribution in [0.2, 0.25) is 0 Å². The second-order valence-corrected chi connectivity index (χ2v) is 14.3. The molecule has 292 valence electrons. The lowest BCUT2D eigenvalue weighted by molar-refractivity contribution is -0.132. The molecule has 0 saturated carbocycles. The third-order valence-electron chi connectivity index (χ3n) is 9.56. The smallest absolute Gasteiger partial charge is 0.249 e. The molecule has 0 rings (SSSR count). The Morgan fingerprint density at radius 2 is 0.920 bits per heavy atom. The topological polar surface area (TPSA) is 110 Å². The van der Waals surface area contributed by atoms with E-state index in [0.717, 1.165) is 64.2 Å². The Bertz CT molecular complexity index is 838. The first-order chi connectivity index (χ1) is 24.5. The van der Waals surface area contributed by atoms with Crippen LogP contribution in [0.15, 0.2) is 48.6 Å². The summed E-state index contributed by atoms with van der Waals surface area (Å²) in [6.07, 6.45) is 45.9. The van der Waals surface area contributed by atoms with Gasteiger partial charge in [0.15, 0.2) is 0 Å². The van der Waals surface area contributed by atoms with Gasteiger partial charge in [-0.2, -0.15) is 0 Å². The molecule has 0 aliphatic rings. The Kier molecular flexibility index (Phi) is 37.2. The zero-order chi connectivity index (χ0) is 36.8. The third-order valence-corrected chi connectivity index (χ3v) is 9.56. The van der Waals surface area contributed by atoms with Crippen molar-refractivity contribution in [3.63, 3.8) is 0 Å². The maximum Gasteiger partial charge on any atom is 0.249 e. The normalized spacial score (nSPS) is 14.8. The van der Waals surface area contributed by atoms with Crippen molar-refractivity contribution >= 4 is 5.91 Å². The zero-order valence-electron chi connectivity index (χ0n) is 32.6. The second-order valence-electron chi connectivity index (χ2n) is 14.3. The van der Waals surface area contributed by atoms with E-state index in [-0.39, 0.29) is 0 Å². The first kappa shape index (κ1) is 48.3. The van der Waals surface area contributed by atoms with E-state index in [1.807, 2.05) is 6.92 Å². The molecule has 6 nitrogen and oxygen atoms in total. The molecule has 0 aliphatic carbocycles. The number of hydrogen-bond acceptors (Lipinski definition) is 5. The van der Waals surface area contributed by atoms with E-state index in [0.29, 0.717) is 19.3 Å². The molecular weight excluding hydrogens is 622 g/mol. The zero-order valence-corrected chi connectivity index (χ0v) is 32.6. The third kappa shape index (κ3) is 32.2. The van der Waals surface area contributed by atoms with Gasteiger partial charge >= 0.3 is 0 Å². The highest BCUT2D eigenvalue weighted by Crippen LogP contribution is 2.15. The van der Waals surface area contributed by atoms with Gasteiger partial charge in [-0.3, -0.25) is 4.79 Å². The molecule has 4 unspecified atom stereocenters. The number of allylic oxidation sites excluding steroid dienone is 8. The molecule has 0 spiro atoms. The van der Waals surface area contributed by atoms with Crippen molar-refractivity contribution in [3.05, 3.63) is 48.6 Å². The number of hydrogen-bond donors (Lipinski definition) is 5. The van der Waals surface area contributed by atoms with Gasteiger partial charge in [-0.1, -0.05) is 158 Å². The summed E-state index contributed by atoms with van der Waals surface area (Å²) < 4.78 is 0. The average Bonchev–Trinajstić information content (AvgIpc) is 3.12. The fourth-order valence-corrected chi connectivity index (χ4v) is 6.20. The van der Waals surface area contributed by atoms with Gasteiger partial charge in [0.05, 0.1) is 18.8 Å². The molecular formula is C44H81NO5. The minimum Gasteiger partial charge on any atom is -0.394 e. The van der Waals surface area contributed by atoms with Crippen molar-refractivity contribution in [2.45, 2.75) is 218 Å². The van der Waals surface area contributed by atoms with Gasteiger partial charge in [0.2, 0.25) is 5.91 Å². The number of carbonyl (C=O) groups excluding carboxylic acids is 1. The molecule has 6 heteroatoms. The van der Waals surface area contributed by atoms with Gasteiger partial charge in [0.1, 0.15) is 12.2 Å². The summed E-state index contributed by atoms with van der Waals surface area (Å²) in [5.41, 5.74) is 0. The minimum atomic E-state index is -1.29. The molecule has 4 atom stereocenters. The Morgan fingerprint density at radius 3 is 1.38 bits per heavy atom. The Morgan fingerprint density at radius 1 is 0.520 bits per heavy atom. The molecule has 0 saturated heterocycles. The molecule has 0 fully saturated rings. The van der Waals surface area contributed by atoms with Crippen LogP contribution in [0.1, 0.15) is 194 Å². The highest BCUT2D eigenvalue weighted by Gasteiger charge is 2.28. The average molecular weight is 704 g/mol. The van der Waals surface area contributed by atoms with E-state index in [1.54, 1.807) is 0 Å². The Labute approximate surface area is 309 Å². The number of rotatable bonds is 37. The molecule has 0 bridgehead atoms. The fraction of sp³-hybridized carbons (Fsp3) is 0.795. The van der Waals surface area contributed by atoms with E-state index < -0.39 is 36.9 Å². The first-order valence-electron chi connectivity index (χ1n) is 21.0. The summed E-state index contributed by atoms with van der Waals surface area (Å²) in [4.78, 5) is 12.5. The lowest BCUT2D eigenvalue weighted by Crippen LogP contribution is -2.53. The van der Waals surface area contributed by atoms with E-state index in [9.17, 15) is 25.2 Å². The molecule has 0 radical (unpaired) electrons. The molecule has 0 aromatic heterocycles. The molecule has 0 heterocycles. The second kappa shape index (κ2) is 38.5. The highest BCUT2D eigenvalue weighted by atomic mass is 16.3. The first-order valence-corrected chi connectivity index (χ1v) is 21.0. The van der Waals surface area contributed by atoms with Crippen molar-refractivity contribution in [2.75, 3.05) is 6.61 Å². The summed E-state index contributed by atoms with van der Waals surface area (Å²) >= 11 is 0. The SMILES string of the molecule is C/C=C/CC/C=C/CC/C=C/CCCC(O)C(O)C(CO)NC(=O)C(O)CCCCCCCC/C=C\CCCCCCCCCCCCCC. The maximum absolute atomic E-state index is 12.5. The monoisotopic (exact) mass is 704 g/mol. The van der Waals surface area contributed by atoms with Crippen LogP contribution in [0.25, 0.3) is 0 Å². The predicted octanol–water partition coefficient (Wildman–Crippen LogP) is 10.7. The lowest BCUT2D eigenvalue weighted by Gasteiger charge is -2.27. The molecule has 50 heavy (non-hydrogen) atoms. The van der Waals surface area contributed by atoms with E-state index in [1.165, 1.54) is 96.3 Å². The van der Waals surface area contributed by atoms with Crippen LogP contribution in [0.4, 0.5) is 0 Å². The van der Waals surface area contributed by atoms with E-state index in [2.05, 4.69) is 60.8 Å². The number of unbranched alkanes of at least 4 members (excludes halogenated alkanes) is 21. The van der Waals surface area contributed by atoms with Crippen molar-refractivity contribution in [1.82, 2.24) is 5.32 Å². The number of amides is 1. The number of aliphatic hydroxyl groups is 4. The van der Waals surface area contributed by atoms with Crippen LogP contribution in [0.5, 0.6) is 0 Å². The van der Waals surface area contributed by atoms with Crippen molar-refractivity contribution in [1.29, 1.82) is 0 Å². The van der Waals surface area contributed by atoms with Gasteiger partial charge in [0.25, 0.3) is 0 Å². The van der Waals surface area contributed by atoms with E-state index >= 15 is 0 Å². The quantitative estimate of drug-likeness (QED) is 0.0327. The molecule has 1 amide bonds. The standard InChI is InChI=1S/C44H81NO5/c1-3-5-7-9-11-13-15-17-18-19-20-21-22-23-24-25-26-28-30-32-34-36-38-42(48)44(50)45-40(39-46)43(49)41(47)37-35-33-31-29-27-16-14-12-10-8-6-4-2/h4,6,12,14,23-24,29,31,40-43,46-49H,3,5,7-11,13,15-22,25-28,30,32-39H2,1-2H3,(H,45,50)/b6-4+,14-12+,24-23-,31-29+. The van der Waals surface area contributed by atoms with Crippen molar-refractivity contribution < 1.29 is 25.2 Å². The van der Waals surface area contributed by atoms with Crippen LogP contribution in [-0.2, 0) is 4.79 Å². The van der Waals surface area contributed by atoms with Crippen LogP contribution in [0.3, 0.4) is 0 Å². The summed E-state index contributed by atoms with van der Waals surface area (Å²) in [6, 6.07) is -1.01. The molecule has 0 aliphatic heterocycles. The van der Waals surface area contributed by atoms with Crippen LogP contribution >= 0.6 is 0 Å². The maximum atomic E-state index is 12.5. The van der Waals surface area contributed by atoms with Gasteiger partial charge < -0.3 is 25.7 Å². The number of carbonyl (C=O) groups is 1. The molecule has 5 N–H and O–H groups in total. The summed E-state index contributed by atoms with van der Waals surface area (Å²) in [7, 11) is 0. The summed E-state index contributed by atoms with van der Waals surface area (Å²) in [6.45, 7) is 3.81. The summed E-state index contributed by atoms with van der Waals surface area (Å²) in [5, 5.41) is 43.5. The Hall–Kier alpha value is -1.73. The largest absolute Gasteiger partial charge is 0.394 e. The van der Waals surface area contributed by atoms with E-state index in [4.69, 9.17) is 0 Å². The van der Waals surface area contributed by atoms with Gasteiger partial charge in [-0.25, -0.2) is 0 Å². The van der Waals surface area contributed by atoms with Crippen molar-refractivity contribution in [2.24, 2.45) is 0 Å². The lowest BCUT2D eigenvalue weighted by atomic mass is 10.00. The van der Waals surface area contributed by atoms with Crippen molar-refractivity contribution in [3.8, 4) is 0 Å². The van der Waals surface area contributed by atoms with Gasteiger partial charge in [0, 0.05) is 0 Å².